The predicted molar refractivity (Wildman–Crippen MR) is 55.7 cm³/mol. The molecule has 1 nitrogen and oxygen atoms in total. The van der Waals surface area contributed by atoms with Crippen LogP contribution < -0.4 is 5.73 Å². The minimum absolute atomic E-state index is 0.259. The van der Waals surface area contributed by atoms with Crippen molar-refractivity contribution in [3.63, 3.8) is 0 Å². The number of rotatable bonds is 3. The molecule has 1 rings (SSSR count). The molecule has 0 fully saturated rings. The fraction of sp³-hybridized carbons (Fsp3) is 0.143. The van der Waals surface area contributed by atoms with Crippen LogP contribution >= 0.6 is 23.4 Å². The fourth-order valence-corrected chi connectivity index (χ4v) is 2.00. The van der Waals surface area contributed by atoms with E-state index in [-0.39, 0.29) is 10.7 Å². The van der Waals surface area contributed by atoms with Crippen LogP contribution in [0.25, 0.3) is 0 Å². The number of thioether (sulfide) groups is 1. The number of hydrogen-bond acceptors (Lipinski definition) is 2. The second-order valence-electron chi connectivity index (χ2n) is 2.68. The van der Waals surface area contributed by atoms with E-state index in [9.17, 15) is 12.9 Å². The maximum absolute atomic E-state index is 12.0. The van der Waals surface area contributed by atoms with Gasteiger partial charge in [-0.2, -0.15) is 11.8 Å². The highest BCUT2D eigenvalue weighted by Crippen LogP contribution is 2.34. The van der Waals surface area contributed by atoms with Crippen molar-refractivity contribution in [1.82, 2.24) is 0 Å². The predicted octanol–water partition coefficient (Wildman–Crippen LogP) is 3.40. The molecule has 0 atom stereocenters. The van der Waals surface area contributed by atoms with Crippen LogP contribution in [0.15, 0.2) is 23.1 Å². The topological polar surface area (TPSA) is 26.0 Å². The zero-order chi connectivity index (χ0) is 10.8. The monoisotopic (exact) mass is 240 g/mol. The first kappa shape index (κ1) is 11.6. The third-order valence-corrected chi connectivity index (χ3v) is 3.13. The van der Waals surface area contributed by atoms with Crippen LogP contribution in [0.3, 0.4) is 0 Å². The van der Waals surface area contributed by atoms with E-state index >= 15 is 0 Å². The van der Waals surface area contributed by atoms with Gasteiger partial charge in [0.1, 0.15) is 0 Å². The van der Waals surface area contributed by atoms with Crippen molar-refractivity contribution in [1.29, 1.82) is 0 Å². The lowest BCUT2D eigenvalue weighted by Crippen LogP contribution is -2.19. The molecule has 0 heterocycles. The average Bonchev–Trinajstić information content (AvgIpc) is 2.01. The number of halogens is 4. The smallest absolute Gasteiger partial charge is 0.448 e. The van der Waals surface area contributed by atoms with Gasteiger partial charge in [-0.15, -0.1) is 0 Å². The first-order valence-corrected chi connectivity index (χ1v) is 5.14. The third kappa shape index (κ3) is 3.34. The summed E-state index contributed by atoms with van der Waals surface area (Å²) in [6, 6.07) is 4.64. The minimum atomic E-state index is -4.81. The van der Waals surface area contributed by atoms with Crippen molar-refractivity contribution in [3.8, 4) is 0 Å². The summed E-state index contributed by atoms with van der Waals surface area (Å²) in [5.41, 5.74) is 4.84. The quantitative estimate of drug-likeness (QED) is 0.498. The van der Waals surface area contributed by atoms with Gasteiger partial charge in [-0.05, 0) is 17.8 Å². The second-order valence-corrected chi connectivity index (χ2v) is 4.12. The molecule has 0 aliphatic heterocycles. The Kier molecular flexibility index (Phi) is 3.61. The van der Waals surface area contributed by atoms with E-state index in [2.05, 4.69) is 0 Å². The van der Waals surface area contributed by atoms with Crippen molar-refractivity contribution >= 4 is 36.0 Å². The van der Waals surface area contributed by atoms with Crippen LogP contribution in [0.4, 0.5) is 18.6 Å². The summed E-state index contributed by atoms with van der Waals surface area (Å²) >= 11 is 6.32. The minimum Gasteiger partial charge on any atom is -0.448 e. The number of nitrogen functional groups attached to an aromatic ring is 1. The summed E-state index contributed by atoms with van der Waals surface area (Å²) in [7, 11) is 0. The Morgan fingerprint density at radius 1 is 1.36 bits per heavy atom. The highest BCUT2D eigenvalue weighted by atomic mass is 35.5. The summed E-state index contributed by atoms with van der Waals surface area (Å²) in [5.74, 6) is 0. The Labute approximate surface area is 88.9 Å². The van der Waals surface area contributed by atoms with Gasteiger partial charge in [0.2, 0.25) is 0 Å². The van der Waals surface area contributed by atoms with Gasteiger partial charge in [0.15, 0.2) is 0 Å². The highest BCUT2D eigenvalue weighted by Gasteiger charge is 2.23. The molecule has 1 aromatic rings. The molecule has 14 heavy (non-hydrogen) atoms. The van der Waals surface area contributed by atoms with Gasteiger partial charge in [-0.1, -0.05) is 17.7 Å². The van der Waals surface area contributed by atoms with Crippen LogP contribution in [-0.4, -0.2) is 12.6 Å². The standard InChI is InChI=1S/C7H7BClF3NS/c9-5-2-1-3-6(13)7(5)14-4-8(10,11)12/h1-3H,4,13H2/q-1. The van der Waals surface area contributed by atoms with Crippen LogP contribution in [0.1, 0.15) is 0 Å². The van der Waals surface area contributed by atoms with Crippen LogP contribution in [0.5, 0.6) is 0 Å². The molecular weight excluding hydrogens is 233 g/mol. The zero-order valence-corrected chi connectivity index (χ0v) is 8.59. The lowest BCUT2D eigenvalue weighted by Gasteiger charge is -2.14. The van der Waals surface area contributed by atoms with Crippen molar-refractivity contribution in [2.45, 2.75) is 4.90 Å². The van der Waals surface area contributed by atoms with E-state index in [0.29, 0.717) is 16.7 Å². The van der Waals surface area contributed by atoms with Gasteiger partial charge in [-0.3, -0.25) is 0 Å². The van der Waals surface area contributed by atoms with Gasteiger partial charge in [0, 0.05) is 10.6 Å². The Morgan fingerprint density at radius 2 is 2.00 bits per heavy atom. The van der Waals surface area contributed by atoms with E-state index < -0.39 is 12.6 Å². The molecule has 0 unspecified atom stereocenters. The molecule has 0 aromatic heterocycles. The van der Waals surface area contributed by atoms with Crippen LogP contribution in [0, 0.1) is 0 Å². The van der Waals surface area contributed by atoms with Gasteiger partial charge in [-0.25, -0.2) is 0 Å². The zero-order valence-electron chi connectivity index (χ0n) is 7.01. The molecular formula is C7H7BClF3NS-. The van der Waals surface area contributed by atoms with E-state index in [1.807, 2.05) is 0 Å². The van der Waals surface area contributed by atoms with Gasteiger partial charge in [0.05, 0.1) is 5.02 Å². The molecule has 0 bridgehead atoms. The molecule has 0 aliphatic rings. The first-order valence-electron chi connectivity index (χ1n) is 3.78. The van der Waals surface area contributed by atoms with Gasteiger partial charge >= 0.3 is 6.98 Å². The normalized spacial score (nSPS) is 11.7. The van der Waals surface area contributed by atoms with Crippen molar-refractivity contribution in [2.24, 2.45) is 0 Å². The van der Waals surface area contributed by atoms with E-state index in [0.717, 1.165) is 0 Å². The van der Waals surface area contributed by atoms with E-state index in [1.165, 1.54) is 12.1 Å². The molecule has 1 aromatic carbocycles. The van der Waals surface area contributed by atoms with Crippen LogP contribution in [-0.2, 0) is 0 Å². The molecule has 0 radical (unpaired) electrons. The Bertz CT molecular complexity index is 311. The molecule has 7 heteroatoms. The maximum Gasteiger partial charge on any atom is 0.488 e. The number of nitrogens with two attached hydrogens (primary N) is 1. The summed E-state index contributed by atoms with van der Waals surface area (Å²) < 4.78 is 35.9. The molecule has 0 saturated heterocycles. The highest BCUT2D eigenvalue weighted by molar-refractivity contribution is 8.01. The van der Waals surface area contributed by atoms with E-state index in [4.69, 9.17) is 17.3 Å². The molecule has 78 valence electrons. The van der Waals surface area contributed by atoms with Crippen molar-refractivity contribution < 1.29 is 12.9 Å². The SMILES string of the molecule is Nc1cccc(Cl)c1SC[B-](F)(F)F. The largest absolute Gasteiger partial charge is 0.488 e. The van der Waals surface area contributed by atoms with Gasteiger partial charge < -0.3 is 18.7 Å². The first-order chi connectivity index (χ1) is 6.40. The molecule has 0 saturated carbocycles. The number of benzene rings is 1. The average molecular weight is 240 g/mol. The summed E-state index contributed by atoms with van der Waals surface area (Å²) in [6.45, 7) is -4.81. The molecule has 2 N–H and O–H groups in total. The van der Waals surface area contributed by atoms with E-state index in [1.54, 1.807) is 6.07 Å². The van der Waals surface area contributed by atoms with Crippen molar-refractivity contribution in [3.05, 3.63) is 23.2 Å². The summed E-state index contributed by atoms with van der Waals surface area (Å²) in [5, 5.41) is 0.259. The Balaban J connectivity index is 2.77. The molecule has 0 spiro atoms. The fourth-order valence-electron chi connectivity index (χ4n) is 0.856. The lowest BCUT2D eigenvalue weighted by molar-refractivity contribution is 0.485. The molecule has 0 aliphatic carbocycles. The Morgan fingerprint density at radius 3 is 2.50 bits per heavy atom. The van der Waals surface area contributed by atoms with Crippen molar-refractivity contribution in [2.75, 3.05) is 11.4 Å². The summed E-state index contributed by atoms with van der Waals surface area (Å²) in [6.07, 6.45) is 0. The Hall–Kier alpha value is -0.485. The number of anilines is 1. The lowest BCUT2D eigenvalue weighted by atomic mass is 9.98. The maximum atomic E-state index is 12.0. The third-order valence-electron chi connectivity index (χ3n) is 1.41. The second kappa shape index (κ2) is 4.36. The number of hydrogen-bond donors (Lipinski definition) is 1. The van der Waals surface area contributed by atoms with Crippen LogP contribution in [0.2, 0.25) is 5.02 Å². The summed E-state index contributed by atoms with van der Waals surface area (Å²) in [4.78, 5) is 0.299. The van der Waals surface area contributed by atoms with Gasteiger partial charge in [0.25, 0.3) is 0 Å². The molecule has 0 amide bonds.